The second-order valence-corrected chi connectivity index (χ2v) is 9.23. The molecule has 0 aromatic heterocycles. The molecule has 0 aromatic rings. The van der Waals surface area contributed by atoms with Crippen LogP contribution in [0.15, 0.2) is 24.8 Å². The van der Waals surface area contributed by atoms with Crippen LogP contribution in [0, 0.1) is 22.7 Å². The van der Waals surface area contributed by atoms with E-state index in [1.54, 1.807) is 0 Å². The highest BCUT2D eigenvalue weighted by atomic mass is 16.6. The third kappa shape index (κ3) is 2.23. The molecule has 0 radical (unpaired) electrons. The molecule has 0 bridgehead atoms. The number of carboxylic acids is 1. The molecule has 134 valence electrons. The van der Waals surface area contributed by atoms with Gasteiger partial charge in [0.1, 0.15) is 5.60 Å². The average Bonchev–Trinajstić information content (AvgIpc) is 3.05. The molecular weight excluding hydrogens is 300 g/mol. The minimum absolute atomic E-state index is 0.00222. The number of hydrogen-bond acceptors (Lipinski definition) is 2. The summed E-state index contributed by atoms with van der Waals surface area (Å²) in [5.74, 6) is -0.0967. The Hall–Kier alpha value is -1.09. The van der Waals surface area contributed by atoms with Gasteiger partial charge in [-0.3, -0.25) is 4.79 Å². The number of allylic oxidation sites excluding steroid dienone is 1. The van der Waals surface area contributed by atoms with Crippen LogP contribution >= 0.6 is 0 Å². The molecular formula is C21H32O3. The number of carbonyl (C=O) groups is 1. The summed E-state index contributed by atoms with van der Waals surface area (Å²) in [7, 11) is 0. The van der Waals surface area contributed by atoms with Crippen molar-refractivity contribution in [1.29, 1.82) is 0 Å². The topological polar surface area (TPSA) is 49.8 Å². The van der Waals surface area contributed by atoms with Gasteiger partial charge in [-0.1, -0.05) is 31.6 Å². The summed E-state index contributed by atoms with van der Waals surface area (Å²) in [6, 6.07) is 0. The minimum Gasteiger partial charge on any atom is -0.481 e. The molecule has 3 fully saturated rings. The number of aliphatic carboxylic acids is 1. The van der Waals surface area contributed by atoms with Crippen molar-refractivity contribution in [3.63, 3.8) is 0 Å². The van der Waals surface area contributed by atoms with Gasteiger partial charge in [-0.25, -0.2) is 0 Å². The van der Waals surface area contributed by atoms with Crippen LogP contribution in [0.1, 0.15) is 66.2 Å². The zero-order valence-corrected chi connectivity index (χ0v) is 15.7. The van der Waals surface area contributed by atoms with Crippen LogP contribution in [0.2, 0.25) is 0 Å². The molecule has 0 unspecified atom stereocenters. The van der Waals surface area contributed by atoms with Gasteiger partial charge >= 0.3 is 5.97 Å². The molecule has 3 nitrogen and oxygen atoms in total. The molecule has 2 aliphatic carbocycles. The quantitative estimate of drug-likeness (QED) is 0.584. The van der Waals surface area contributed by atoms with E-state index in [1.165, 1.54) is 5.57 Å². The third-order valence-corrected chi connectivity index (χ3v) is 7.94. The lowest BCUT2D eigenvalue weighted by atomic mass is 9.46. The average molecular weight is 332 g/mol. The first kappa shape index (κ1) is 17.7. The molecule has 1 saturated heterocycles. The smallest absolute Gasteiger partial charge is 0.309 e. The van der Waals surface area contributed by atoms with Crippen LogP contribution < -0.4 is 0 Å². The Labute approximate surface area is 146 Å². The van der Waals surface area contributed by atoms with Crippen molar-refractivity contribution in [2.45, 2.75) is 77.4 Å². The normalized spacial score (nSPS) is 50.9. The molecule has 0 aromatic carbocycles. The molecule has 6 atom stereocenters. The summed E-state index contributed by atoms with van der Waals surface area (Å²) >= 11 is 0. The highest BCUT2D eigenvalue weighted by Gasteiger charge is 2.65. The van der Waals surface area contributed by atoms with E-state index < -0.39 is 11.4 Å². The fourth-order valence-corrected chi connectivity index (χ4v) is 5.92. The van der Waals surface area contributed by atoms with Crippen molar-refractivity contribution in [3.05, 3.63) is 24.8 Å². The van der Waals surface area contributed by atoms with Crippen LogP contribution in [0.25, 0.3) is 0 Å². The Morgan fingerprint density at radius 1 is 1.33 bits per heavy atom. The summed E-state index contributed by atoms with van der Waals surface area (Å²) in [6.07, 6.45) is 7.57. The van der Waals surface area contributed by atoms with Crippen molar-refractivity contribution in [1.82, 2.24) is 0 Å². The van der Waals surface area contributed by atoms with Crippen molar-refractivity contribution < 1.29 is 14.6 Å². The number of carboxylic acid groups (broad SMARTS) is 1. The Balaban J connectivity index is 1.93. The van der Waals surface area contributed by atoms with Crippen molar-refractivity contribution in [3.8, 4) is 0 Å². The van der Waals surface area contributed by atoms with E-state index in [0.29, 0.717) is 5.92 Å². The fourth-order valence-electron chi connectivity index (χ4n) is 5.92. The number of fused-ring (bicyclic) bond motifs is 1. The molecule has 3 aliphatic rings. The predicted octanol–water partition coefficient (Wildman–Crippen LogP) is 4.97. The zero-order chi connectivity index (χ0) is 18.0. The van der Waals surface area contributed by atoms with Gasteiger partial charge in [-0.05, 0) is 70.1 Å². The Kier molecular flexibility index (Phi) is 3.84. The number of rotatable bonds is 4. The number of epoxide rings is 1. The van der Waals surface area contributed by atoms with E-state index in [1.807, 2.05) is 13.0 Å². The Morgan fingerprint density at radius 2 is 2.00 bits per heavy atom. The molecule has 2 saturated carbocycles. The van der Waals surface area contributed by atoms with Crippen molar-refractivity contribution in [2.24, 2.45) is 22.7 Å². The molecule has 1 aliphatic heterocycles. The maximum atomic E-state index is 12.0. The van der Waals surface area contributed by atoms with E-state index in [0.717, 1.165) is 38.5 Å². The summed E-state index contributed by atoms with van der Waals surface area (Å²) in [6.45, 7) is 16.8. The number of hydrogen-bond donors (Lipinski definition) is 1. The van der Waals surface area contributed by atoms with Crippen molar-refractivity contribution >= 4 is 5.97 Å². The maximum absolute atomic E-state index is 12.0. The standard InChI is InChI=1S/C21H32O3/c1-7-20(5)21(6,24-20)13-15-14(2)9-10-16-18(15,3)11-8-12-19(16,4)17(22)23/h7,15-16H,1-2,8-13H2,3-6H3,(H,22,23)/t15-,16+,18+,19+,20-,21-/m0/s1. The molecule has 0 spiro atoms. The van der Waals surface area contributed by atoms with Gasteiger partial charge in [0.05, 0.1) is 11.0 Å². The molecule has 24 heavy (non-hydrogen) atoms. The third-order valence-electron chi connectivity index (χ3n) is 7.94. The minimum atomic E-state index is -0.630. The van der Waals surface area contributed by atoms with E-state index in [-0.39, 0.29) is 22.5 Å². The first-order valence-corrected chi connectivity index (χ1v) is 9.27. The largest absolute Gasteiger partial charge is 0.481 e. The number of ether oxygens (including phenoxy) is 1. The van der Waals surface area contributed by atoms with Gasteiger partial charge < -0.3 is 9.84 Å². The lowest BCUT2D eigenvalue weighted by molar-refractivity contribution is -0.164. The monoisotopic (exact) mass is 332 g/mol. The molecule has 1 heterocycles. The second-order valence-electron chi connectivity index (χ2n) is 9.23. The van der Waals surface area contributed by atoms with Gasteiger partial charge in [0.15, 0.2) is 0 Å². The van der Waals surface area contributed by atoms with Gasteiger partial charge in [0, 0.05) is 0 Å². The van der Waals surface area contributed by atoms with Gasteiger partial charge in [-0.2, -0.15) is 0 Å². The zero-order valence-electron chi connectivity index (χ0n) is 15.7. The van der Waals surface area contributed by atoms with Crippen LogP contribution in [-0.2, 0) is 9.53 Å². The first-order valence-electron chi connectivity index (χ1n) is 9.27. The molecule has 1 N–H and O–H groups in total. The van der Waals surface area contributed by atoms with E-state index in [9.17, 15) is 9.90 Å². The van der Waals surface area contributed by atoms with E-state index >= 15 is 0 Å². The van der Waals surface area contributed by atoms with E-state index in [4.69, 9.17) is 4.74 Å². The highest BCUT2D eigenvalue weighted by Crippen LogP contribution is 2.64. The van der Waals surface area contributed by atoms with Gasteiger partial charge in [0.25, 0.3) is 0 Å². The summed E-state index contributed by atoms with van der Waals surface area (Å²) < 4.78 is 6.04. The van der Waals surface area contributed by atoms with Crippen LogP contribution in [0.4, 0.5) is 0 Å². The van der Waals surface area contributed by atoms with E-state index in [2.05, 4.69) is 33.9 Å². The van der Waals surface area contributed by atoms with Gasteiger partial charge in [-0.15, -0.1) is 6.58 Å². The summed E-state index contributed by atoms with van der Waals surface area (Å²) in [5, 5.41) is 9.91. The SMILES string of the molecule is C=C[C@]1(C)O[C@@]1(C)C[C@H]1C(=C)CC[C@@H]2[C@]1(C)CCC[C@@]2(C)C(=O)O. The predicted molar refractivity (Wildman–Crippen MR) is 95.8 cm³/mol. The lowest BCUT2D eigenvalue weighted by Gasteiger charge is -2.57. The molecule has 3 heteroatoms. The second kappa shape index (κ2) is 5.20. The van der Waals surface area contributed by atoms with Crippen LogP contribution in [0.3, 0.4) is 0 Å². The Morgan fingerprint density at radius 3 is 2.54 bits per heavy atom. The van der Waals surface area contributed by atoms with Crippen molar-refractivity contribution in [2.75, 3.05) is 0 Å². The summed E-state index contributed by atoms with van der Waals surface area (Å²) in [4.78, 5) is 12.0. The Bertz CT molecular complexity index is 596. The summed E-state index contributed by atoms with van der Waals surface area (Å²) in [5.41, 5.74) is 0.203. The first-order chi connectivity index (χ1) is 11.0. The lowest BCUT2D eigenvalue weighted by Crippen LogP contribution is -2.54. The van der Waals surface area contributed by atoms with Gasteiger partial charge in [0.2, 0.25) is 0 Å². The van der Waals surface area contributed by atoms with Crippen LogP contribution in [0.5, 0.6) is 0 Å². The molecule has 3 rings (SSSR count). The fraction of sp³-hybridized carbons (Fsp3) is 0.762. The highest BCUT2D eigenvalue weighted by molar-refractivity contribution is 5.75. The maximum Gasteiger partial charge on any atom is 0.309 e. The van der Waals surface area contributed by atoms with Crippen LogP contribution in [-0.4, -0.2) is 22.3 Å². The molecule has 0 amide bonds.